The minimum Gasteiger partial charge on any atom is -0.302 e. The Hall–Kier alpha value is -0.370. The lowest BCUT2D eigenvalue weighted by Gasteiger charge is -2.26. The van der Waals surface area contributed by atoms with Crippen LogP contribution in [-0.2, 0) is 4.79 Å². The van der Waals surface area contributed by atoms with Gasteiger partial charge in [-0.05, 0) is 37.6 Å². The molecule has 1 aliphatic carbocycles. The molecule has 92 valence electrons. The molecule has 2 nitrogen and oxygen atoms in total. The fourth-order valence-corrected chi connectivity index (χ4v) is 3.13. The molecule has 2 fully saturated rings. The van der Waals surface area contributed by atoms with E-state index in [1.54, 1.807) is 0 Å². The smallest absolute Gasteiger partial charge is 0.137 e. The van der Waals surface area contributed by atoms with E-state index < -0.39 is 0 Å². The zero-order valence-electron chi connectivity index (χ0n) is 10.7. The molecule has 0 aromatic rings. The van der Waals surface area contributed by atoms with Gasteiger partial charge in [-0.25, -0.2) is 0 Å². The Kier molecular flexibility index (Phi) is 4.01. The van der Waals surface area contributed by atoms with Crippen molar-refractivity contribution in [2.75, 3.05) is 19.6 Å². The van der Waals surface area contributed by atoms with Gasteiger partial charge >= 0.3 is 0 Å². The molecular formula is C14H25NO. The van der Waals surface area contributed by atoms with Crippen LogP contribution in [-0.4, -0.2) is 30.3 Å². The molecule has 2 atom stereocenters. The van der Waals surface area contributed by atoms with E-state index >= 15 is 0 Å². The summed E-state index contributed by atoms with van der Waals surface area (Å²) in [5, 5.41) is 0. The lowest BCUT2D eigenvalue weighted by atomic mass is 9.87. The zero-order chi connectivity index (χ0) is 11.5. The second kappa shape index (κ2) is 5.31. The van der Waals surface area contributed by atoms with E-state index in [1.807, 2.05) is 0 Å². The van der Waals surface area contributed by atoms with Crippen LogP contribution in [0.4, 0.5) is 0 Å². The Morgan fingerprint density at radius 1 is 1.31 bits per heavy atom. The molecule has 1 aliphatic heterocycles. The van der Waals surface area contributed by atoms with Crippen molar-refractivity contribution in [3.8, 4) is 0 Å². The Bertz CT molecular complexity index is 249. The molecule has 16 heavy (non-hydrogen) atoms. The van der Waals surface area contributed by atoms with Crippen LogP contribution in [0.3, 0.4) is 0 Å². The first kappa shape index (κ1) is 12.1. The Labute approximate surface area is 99.4 Å². The van der Waals surface area contributed by atoms with Crippen molar-refractivity contribution >= 4 is 5.78 Å². The number of carbonyl (C=O) groups is 1. The summed E-state index contributed by atoms with van der Waals surface area (Å²) >= 11 is 0. The van der Waals surface area contributed by atoms with Crippen molar-refractivity contribution in [3.63, 3.8) is 0 Å². The first-order chi connectivity index (χ1) is 7.66. The number of hydrogen-bond donors (Lipinski definition) is 0. The van der Waals surface area contributed by atoms with Gasteiger partial charge in [0.25, 0.3) is 0 Å². The van der Waals surface area contributed by atoms with Crippen LogP contribution in [0.5, 0.6) is 0 Å². The third-order valence-electron chi connectivity index (χ3n) is 4.41. The molecular weight excluding hydrogens is 198 g/mol. The molecule has 0 N–H and O–H groups in total. The second-order valence-electron chi connectivity index (χ2n) is 5.96. The average Bonchev–Trinajstić information content (AvgIpc) is 2.70. The van der Waals surface area contributed by atoms with Gasteiger partial charge in [0.2, 0.25) is 0 Å². The summed E-state index contributed by atoms with van der Waals surface area (Å²) in [5.41, 5.74) is 0. The molecule has 2 heteroatoms. The van der Waals surface area contributed by atoms with Gasteiger partial charge in [-0.1, -0.05) is 20.3 Å². The van der Waals surface area contributed by atoms with Crippen LogP contribution in [0, 0.1) is 17.8 Å². The fourth-order valence-electron chi connectivity index (χ4n) is 3.13. The minimum absolute atomic E-state index is 0.361. The summed E-state index contributed by atoms with van der Waals surface area (Å²) in [6.45, 7) is 8.12. The molecule has 0 radical (unpaired) electrons. The molecule has 1 heterocycles. The summed E-state index contributed by atoms with van der Waals surface area (Å²) in [7, 11) is 0. The van der Waals surface area contributed by atoms with Crippen molar-refractivity contribution in [3.05, 3.63) is 0 Å². The maximum absolute atomic E-state index is 11.8. The molecule has 0 amide bonds. The van der Waals surface area contributed by atoms with Gasteiger partial charge in [-0.2, -0.15) is 0 Å². The van der Waals surface area contributed by atoms with Gasteiger partial charge in [0.15, 0.2) is 0 Å². The summed E-state index contributed by atoms with van der Waals surface area (Å²) in [4.78, 5) is 14.3. The molecule has 2 rings (SSSR count). The molecule has 0 bridgehead atoms. The lowest BCUT2D eigenvalue weighted by molar-refractivity contribution is -0.125. The van der Waals surface area contributed by atoms with E-state index in [1.165, 1.54) is 25.9 Å². The molecule has 0 aromatic heterocycles. The van der Waals surface area contributed by atoms with E-state index in [-0.39, 0.29) is 0 Å². The normalized spacial score (nSPS) is 32.6. The average molecular weight is 223 g/mol. The predicted molar refractivity (Wildman–Crippen MR) is 66.4 cm³/mol. The van der Waals surface area contributed by atoms with Crippen LogP contribution < -0.4 is 0 Å². The molecule has 1 saturated carbocycles. The lowest BCUT2D eigenvalue weighted by Crippen LogP contribution is -2.33. The van der Waals surface area contributed by atoms with Crippen LogP contribution in [0.2, 0.25) is 0 Å². The Balaban J connectivity index is 1.80. The summed E-state index contributed by atoms with van der Waals surface area (Å²) in [6.07, 6.45) is 5.70. The van der Waals surface area contributed by atoms with E-state index in [2.05, 4.69) is 18.7 Å². The van der Waals surface area contributed by atoms with E-state index in [9.17, 15) is 4.79 Å². The molecule has 0 spiro atoms. The molecule has 1 saturated heterocycles. The Morgan fingerprint density at radius 2 is 2.12 bits per heavy atom. The molecule has 2 aliphatic rings. The minimum atomic E-state index is 0.361. The molecule has 0 aromatic carbocycles. The van der Waals surface area contributed by atoms with Crippen molar-refractivity contribution in [2.45, 2.75) is 46.0 Å². The second-order valence-corrected chi connectivity index (χ2v) is 5.96. The van der Waals surface area contributed by atoms with Gasteiger partial charge in [0, 0.05) is 25.4 Å². The van der Waals surface area contributed by atoms with Crippen LogP contribution in [0.1, 0.15) is 46.0 Å². The van der Waals surface area contributed by atoms with Crippen molar-refractivity contribution in [1.82, 2.24) is 4.90 Å². The topological polar surface area (TPSA) is 20.3 Å². The third-order valence-corrected chi connectivity index (χ3v) is 4.41. The van der Waals surface area contributed by atoms with Crippen LogP contribution in [0.25, 0.3) is 0 Å². The first-order valence-corrected chi connectivity index (χ1v) is 6.92. The number of rotatable bonds is 3. The summed E-state index contributed by atoms with van der Waals surface area (Å²) < 4.78 is 0. The first-order valence-electron chi connectivity index (χ1n) is 6.92. The van der Waals surface area contributed by atoms with Crippen LogP contribution >= 0.6 is 0 Å². The highest BCUT2D eigenvalue weighted by molar-refractivity contribution is 5.81. The van der Waals surface area contributed by atoms with Crippen molar-refractivity contribution < 1.29 is 4.79 Å². The fraction of sp³-hybridized carbons (Fsp3) is 0.929. The van der Waals surface area contributed by atoms with Crippen molar-refractivity contribution in [2.24, 2.45) is 17.8 Å². The number of likely N-dealkylation sites (tertiary alicyclic amines) is 1. The maximum atomic E-state index is 11.8. The van der Waals surface area contributed by atoms with E-state index in [0.29, 0.717) is 11.7 Å². The highest BCUT2D eigenvalue weighted by Crippen LogP contribution is 2.27. The third kappa shape index (κ3) is 2.85. The zero-order valence-corrected chi connectivity index (χ0v) is 10.7. The highest BCUT2D eigenvalue weighted by atomic mass is 16.1. The van der Waals surface area contributed by atoms with E-state index in [4.69, 9.17) is 0 Å². The quantitative estimate of drug-likeness (QED) is 0.733. The number of Topliss-reactive ketones (excluding diaryl/α,β-unsaturated/α-hetero) is 1. The number of carbonyl (C=O) groups excluding carboxylic acids is 1. The SMILES string of the molecule is CC(C)C1CCN(CC2CCCCC2=O)C1. The van der Waals surface area contributed by atoms with Crippen LogP contribution in [0.15, 0.2) is 0 Å². The van der Waals surface area contributed by atoms with Gasteiger partial charge in [-0.3, -0.25) is 4.79 Å². The van der Waals surface area contributed by atoms with E-state index in [0.717, 1.165) is 37.6 Å². The standard InChI is InChI=1S/C14H25NO/c1-11(2)12-7-8-15(9-12)10-13-5-3-4-6-14(13)16/h11-13H,3-10H2,1-2H3. The summed E-state index contributed by atoms with van der Waals surface area (Å²) in [6, 6.07) is 0. The van der Waals surface area contributed by atoms with Gasteiger partial charge in [0.1, 0.15) is 5.78 Å². The van der Waals surface area contributed by atoms with Gasteiger partial charge < -0.3 is 4.90 Å². The van der Waals surface area contributed by atoms with Crippen molar-refractivity contribution in [1.29, 1.82) is 0 Å². The van der Waals surface area contributed by atoms with Gasteiger partial charge in [-0.15, -0.1) is 0 Å². The summed E-state index contributed by atoms with van der Waals surface area (Å²) in [5.74, 6) is 2.55. The Morgan fingerprint density at radius 3 is 2.75 bits per heavy atom. The monoisotopic (exact) mass is 223 g/mol. The number of nitrogens with zero attached hydrogens (tertiary/aromatic N) is 1. The highest BCUT2D eigenvalue weighted by Gasteiger charge is 2.29. The largest absolute Gasteiger partial charge is 0.302 e. The number of hydrogen-bond acceptors (Lipinski definition) is 2. The molecule has 2 unspecified atom stereocenters. The van der Waals surface area contributed by atoms with Gasteiger partial charge in [0.05, 0.1) is 0 Å². The predicted octanol–water partition coefficient (Wildman–Crippen LogP) is 2.72. The number of ketones is 1. The maximum Gasteiger partial charge on any atom is 0.137 e.